The van der Waals surface area contributed by atoms with Crippen molar-refractivity contribution >= 4 is 0 Å². The summed E-state index contributed by atoms with van der Waals surface area (Å²) in [6, 6.07) is 1.63. The quantitative estimate of drug-likeness (QED) is 0.817. The normalized spacial score (nSPS) is 36.6. The van der Waals surface area contributed by atoms with Crippen molar-refractivity contribution in [2.45, 2.75) is 77.3 Å². The molecule has 2 aliphatic carbocycles. The molecule has 1 N–H and O–H groups in total. The number of hydrogen-bond acceptors (Lipinski definition) is 2. The van der Waals surface area contributed by atoms with Gasteiger partial charge in [0.05, 0.1) is 0 Å². The highest BCUT2D eigenvalue weighted by atomic mass is 15.1. The van der Waals surface area contributed by atoms with E-state index in [-0.39, 0.29) is 0 Å². The molecule has 0 radical (unpaired) electrons. The fraction of sp³-hybridized carbons (Fsp3) is 1.00. The second-order valence-electron chi connectivity index (χ2n) is 7.23. The fourth-order valence-electron chi connectivity index (χ4n) is 4.03. The first kappa shape index (κ1) is 15.3. The Morgan fingerprint density at radius 3 is 2.53 bits per heavy atom. The Hall–Kier alpha value is -0.0800. The minimum atomic E-state index is 0.785. The zero-order valence-corrected chi connectivity index (χ0v) is 13.3. The summed E-state index contributed by atoms with van der Waals surface area (Å²) in [4.78, 5) is 2.61. The maximum absolute atomic E-state index is 3.81. The Bertz CT molecular complexity index is 254. The highest BCUT2D eigenvalue weighted by molar-refractivity contribution is 4.80. The third-order valence-electron chi connectivity index (χ3n) is 5.51. The van der Waals surface area contributed by atoms with Crippen molar-refractivity contribution in [3.63, 3.8) is 0 Å². The predicted molar refractivity (Wildman–Crippen MR) is 83.5 cm³/mol. The van der Waals surface area contributed by atoms with Gasteiger partial charge in [-0.15, -0.1) is 0 Å². The Labute approximate surface area is 120 Å². The van der Waals surface area contributed by atoms with Crippen LogP contribution in [0.15, 0.2) is 0 Å². The lowest BCUT2D eigenvalue weighted by Crippen LogP contribution is -2.44. The van der Waals surface area contributed by atoms with Crippen molar-refractivity contribution in [2.24, 2.45) is 11.8 Å². The molecule has 0 aliphatic heterocycles. The van der Waals surface area contributed by atoms with E-state index in [0.29, 0.717) is 0 Å². The van der Waals surface area contributed by atoms with E-state index in [2.05, 4.69) is 31.1 Å². The summed E-state index contributed by atoms with van der Waals surface area (Å²) in [6.07, 6.45) is 11.4. The van der Waals surface area contributed by atoms with Crippen molar-refractivity contribution in [3.8, 4) is 0 Å². The van der Waals surface area contributed by atoms with Crippen molar-refractivity contribution in [1.82, 2.24) is 10.2 Å². The van der Waals surface area contributed by atoms with Crippen LogP contribution >= 0.6 is 0 Å². The molecule has 2 saturated carbocycles. The predicted octanol–water partition coefficient (Wildman–Crippen LogP) is 3.67. The maximum atomic E-state index is 3.81. The first-order chi connectivity index (χ1) is 9.16. The molecule has 2 aliphatic rings. The van der Waals surface area contributed by atoms with E-state index in [4.69, 9.17) is 0 Å². The lowest BCUT2D eigenvalue weighted by Gasteiger charge is -2.35. The van der Waals surface area contributed by atoms with Gasteiger partial charge in [-0.1, -0.05) is 39.5 Å². The van der Waals surface area contributed by atoms with Gasteiger partial charge in [0.15, 0.2) is 0 Å². The second kappa shape index (κ2) is 7.64. The molecule has 112 valence electrons. The third-order valence-corrected chi connectivity index (χ3v) is 5.51. The van der Waals surface area contributed by atoms with Gasteiger partial charge in [-0.3, -0.25) is 0 Å². The summed E-state index contributed by atoms with van der Waals surface area (Å²) in [5.41, 5.74) is 0. The van der Waals surface area contributed by atoms with E-state index >= 15 is 0 Å². The Kier molecular flexibility index (Phi) is 6.15. The molecule has 0 aromatic carbocycles. The standard InChI is InChI=1S/C17H34N2/c1-14-7-6-9-16(13-14)19(3)12-11-18-17-10-5-4-8-15(17)2/h14-18H,4-13H2,1-3H3. The molecule has 2 nitrogen and oxygen atoms in total. The van der Waals surface area contributed by atoms with Crippen molar-refractivity contribution in [1.29, 1.82) is 0 Å². The molecule has 0 amide bonds. The molecule has 4 unspecified atom stereocenters. The van der Waals surface area contributed by atoms with E-state index in [1.54, 1.807) is 0 Å². The van der Waals surface area contributed by atoms with E-state index in [9.17, 15) is 0 Å². The van der Waals surface area contributed by atoms with Crippen LogP contribution in [0, 0.1) is 11.8 Å². The average molecular weight is 266 g/mol. The topological polar surface area (TPSA) is 15.3 Å². The van der Waals surface area contributed by atoms with Crippen molar-refractivity contribution in [3.05, 3.63) is 0 Å². The largest absolute Gasteiger partial charge is 0.312 e. The monoisotopic (exact) mass is 266 g/mol. The van der Waals surface area contributed by atoms with Crippen LogP contribution < -0.4 is 5.32 Å². The number of rotatable bonds is 5. The smallest absolute Gasteiger partial charge is 0.0107 e. The Morgan fingerprint density at radius 2 is 1.79 bits per heavy atom. The van der Waals surface area contributed by atoms with E-state index < -0.39 is 0 Å². The lowest BCUT2D eigenvalue weighted by atomic mass is 9.86. The van der Waals surface area contributed by atoms with Gasteiger partial charge in [0.1, 0.15) is 0 Å². The number of hydrogen-bond donors (Lipinski definition) is 1. The lowest BCUT2D eigenvalue weighted by molar-refractivity contribution is 0.160. The van der Waals surface area contributed by atoms with E-state index in [1.165, 1.54) is 64.5 Å². The molecule has 2 heteroatoms. The molecule has 4 atom stereocenters. The van der Waals surface area contributed by atoms with Crippen LogP contribution in [0.5, 0.6) is 0 Å². The summed E-state index contributed by atoms with van der Waals surface area (Å²) in [5, 5.41) is 3.81. The van der Waals surface area contributed by atoms with Crippen LogP contribution in [0.4, 0.5) is 0 Å². The van der Waals surface area contributed by atoms with Gasteiger partial charge >= 0.3 is 0 Å². The molecule has 0 bridgehead atoms. The van der Waals surface area contributed by atoms with Gasteiger partial charge in [-0.25, -0.2) is 0 Å². The van der Waals surface area contributed by atoms with Gasteiger partial charge in [0, 0.05) is 25.2 Å². The average Bonchev–Trinajstić information content (AvgIpc) is 2.41. The van der Waals surface area contributed by atoms with Gasteiger partial charge in [-0.05, 0) is 44.6 Å². The van der Waals surface area contributed by atoms with Crippen LogP contribution in [0.1, 0.15) is 65.2 Å². The highest BCUT2D eigenvalue weighted by Gasteiger charge is 2.23. The fourth-order valence-corrected chi connectivity index (χ4v) is 4.03. The summed E-state index contributed by atoms with van der Waals surface area (Å²) < 4.78 is 0. The first-order valence-electron chi connectivity index (χ1n) is 8.60. The minimum Gasteiger partial charge on any atom is -0.312 e. The third kappa shape index (κ3) is 4.75. The van der Waals surface area contributed by atoms with E-state index in [1.807, 2.05) is 0 Å². The number of nitrogens with zero attached hydrogens (tertiary/aromatic N) is 1. The SMILES string of the molecule is CC1CCCC(N(C)CCNC2CCCCC2C)C1. The number of likely N-dealkylation sites (N-methyl/N-ethyl adjacent to an activating group) is 1. The molecular formula is C17H34N2. The molecule has 0 saturated heterocycles. The molecule has 0 aromatic heterocycles. The van der Waals surface area contributed by atoms with Crippen LogP contribution in [-0.2, 0) is 0 Å². The van der Waals surface area contributed by atoms with Gasteiger partial charge < -0.3 is 10.2 Å². The Morgan fingerprint density at radius 1 is 1.00 bits per heavy atom. The molecular weight excluding hydrogens is 232 g/mol. The van der Waals surface area contributed by atoms with Gasteiger partial charge in [0.2, 0.25) is 0 Å². The maximum Gasteiger partial charge on any atom is 0.0107 e. The van der Waals surface area contributed by atoms with Crippen LogP contribution in [-0.4, -0.2) is 37.1 Å². The number of nitrogens with one attached hydrogen (secondary N) is 1. The summed E-state index contributed by atoms with van der Waals surface area (Å²) in [6.45, 7) is 7.24. The van der Waals surface area contributed by atoms with Crippen LogP contribution in [0.3, 0.4) is 0 Å². The molecule has 0 heterocycles. The molecule has 2 fully saturated rings. The first-order valence-corrected chi connectivity index (χ1v) is 8.60. The summed E-state index contributed by atoms with van der Waals surface area (Å²) in [5.74, 6) is 1.82. The molecule has 0 aromatic rings. The highest BCUT2D eigenvalue weighted by Crippen LogP contribution is 2.26. The van der Waals surface area contributed by atoms with E-state index in [0.717, 1.165) is 23.9 Å². The molecule has 19 heavy (non-hydrogen) atoms. The van der Waals surface area contributed by atoms with Crippen molar-refractivity contribution in [2.75, 3.05) is 20.1 Å². The van der Waals surface area contributed by atoms with Gasteiger partial charge in [0.25, 0.3) is 0 Å². The van der Waals surface area contributed by atoms with Crippen LogP contribution in [0.25, 0.3) is 0 Å². The van der Waals surface area contributed by atoms with Crippen LogP contribution in [0.2, 0.25) is 0 Å². The zero-order valence-electron chi connectivity index (χ0n) is 13.3. The van der Waals surface area contributed by atoms with Crippen molar-refractivity contribution < 1.29 is 0 Å². The van der Waals surface area contributed by atoms with Gasteiger partial charge in [-0.2, -0.15) is 0 Å². The molecule has 0 spiro atoms. The summed E-state index contributed by atoms with van der Waals surface area (Å²) in [7, 11) is 2.33. The minimum absolute atomic E-state index is 0.785. The summed E-state index contributed by atoms with van der Waals surface area (Å²) >= 11 is 0. The second-order valence-corrected chi connectivity index (χ2v) is 7.23. The Balaban J connectivity index is 1.64. The zero-order chi connectivity index (χ0) is 13.7. The molecule has 2 rings (SSSR count).